The van der Waals surface area contributed by atoms with Crippen LogP contribution in [0.2, 0.25) is 0 Å². The zero-order valence-electron chi connectivity index (χ0n) is 19.3. The Morgan fingerprint density at radius 1 is 1.23 bits per heavy atom. The zero-order valence-corrected chi connectivity index (χ0v) is 21.6. The molecular weight excluding hydrogens is 509 g/mol. The number of methoxy groups -OCH3 is 1. The van der Waals surface area contributed by atoms with Gasteiger partial charge in [0.25, 0.3) is 0 Å². The van der Waals surface area contributed by atoms with Gasteiger partial charge in [0, 0.05) is 40.3 Å². The number of hydrogen-bond acceptors (Lipinski definition) is 5. The number of ether oxygens (including phenoxy) is 2. The van der Waals surface area contributed by atoms with E-state index in [0.717, 1.165) is 63.5 Å². The summed E-state index contributed by atoms with van der Waals surface area (Å²) in [6.45, 7) is 8.35. The summed E-state index contributed by atoms with van der Waals surface area (Å²) in [7, 11) is 5.17. The molecule has 0 saturated carbocycles. The van der Waals surface area contributed by atoms with Gasteiger partial charge in [-0.15, -0.1) is 24.0 Å². The molecule has 0 unspecified atom stereocenters. The second kappa shape index (κ2) is 15.3. The Hall–Kier alpha value is -1.59. The number of rotatable bonds is 10. The molecule has 9 heteroatoms. The molecule has 1 aromatic rings. The highest BCUT2D eigenvalue weighted by Gasteiger charge is 2.10. The summed E-state index contributed by atoms with van der Waals surface area (Å²) in [6.07, 6.45) is 1.81. The van der Waals surface area contributed by atoms with Crippen LogP contribution in [0.15, 0.2) is 23.2 Å². The topological polar surface area (TPSA) is 78.4 Å². The van der Waals surface area contributed by atoms with Crippen molar-refractivity contribution in [2.24, 2.45) is 4.99 Å². The molecule has 0 bridgehead atoms. The smallest absolute Gasteiger partial charge is 0.243 e. The van der Waals surface area contributed by atoms with Crippen molar-refractivity contribution in [3.8, 4) is 5.75 Å². The molecule has 0 spiro atoms. The van der Waals surface area contributed by atoms with Crippen LogP contribution in [0.3, 0.4) is 0 Å². The Balaban J connectivity index is 0.00000480. The van der Waals surface area contributed by atoms with Crippen molar-refractivity contribution in [2.75, 3.05) is 73.7 Å². The number of carbonyl (C=O) groups excluding carboxylic acids is 1. The maximum atomic E-state index is 11.9. The van der Waals surface area contributed by atoms with Crippen molar-refractivity contribution in [3.05, 3.63) is 29.3 Å². The van der Waals surface area contributed by atoms with E-state index in [9.17, 15) is 4.79 Å². The van der Waals surface area contributed by atoms with Gasteiger partial charge < -0.3 is 25.0 Å². The number of amides is 1. The summed E-state index contributed by atoms with van der Waals surface area (Å²) in [5.41, 5.74) is 2.36. The first kappa shape index (κ1) is 27.4. The molecule has 1 heterocycles. The van der Waals surface area contributed by atoms with Crippen LogP contribution >= 0.6 is 24.0 Å². The molecule has 1 amide bonds. The van der Waals surface area contributed by atoms with Gasteiger partial charge >= 0.3 is 0 Å². The maximum Gasteiger partial charge on any atom is 0.243 e. The van der Waals surface area contributed by atoms with Gasteiger partial charge in [-0.25, -0.2) is 4.99 Å². The molecule has 1 fully saturated rings. The minimum absolute atomic E-state index is 0. The molecule has 1 aliphatic heterocycles. The number of nitrogens with one attached hydrogen (secondary N) is 2. The number of guanidine groups is 1. The molecule has 8 nitrogen and oxygen atoms in total. The normalized spacial score (nSPS) is 14.5. The number of nitrogens with zero attached hydrogens (tertiary/aromatic N) is 3. The van der Waals surface area contributed by atoms with E-state index >= 15 is 0 Å². The lowest BCUT2D eigenvalue weighted by molar-refractivity contribution is -0.127. The lowest BCUT2D eigenvalue weighted by Gasteiger charge is -2.26. The number of benzene rings is 1. The molecule has 0 radical (unpaired) electrons. The largest absolute Gasteiger partial charge is 0.496 e. The first-order valence-electron chi connectivity index (χ1n) is 10.7. The Kier molecular flexibility index (Phi) is 13.5. The highest BCUT2D eigenvalue weighted by atomic mass is 127. The molecule has 1 aromatic carbocycles. The fourth-order valence-corrected chi connectivity index (χ4v) is 3.21. The molecule has 2 N–H and O–H groups in total. The standard InChI is InChI=1S/C22H37N5O3.HI/c1-18-6-7-20(29-4)19(16-18)8-10-24-22(25-17-21(28)26(2)3)23-9-5-11-27-12-14-30-15-13-27;/h6-7,16H,5,8-15,17H2,1-4H3,(H2,23,24,25);1H. The van der Waals surface area contributed by atoms with Gasteiger partial charge in [-0.2, -0.15) is 0 Å². The summed E-state index contributed by atoms with van der Waals surface area (Å²) < 4.78 is 10.9. The van der Waals surface area contributed by atoms with E-state index in [1.807, 2.05) is 12.1 Å². The maximum absolute atomic E-state index is 11.9. The van der Waals surface area contributed by atoms with Crippen LogP contribution in [-0.4, -0.2) is 95.4 Å². The average Bonchev–Trinajstić information content (AvgIpc) is 2.75. The van der Waals surface area contributed by atoms with E-state index in [0.29, 0.717) is 12.5 Å². The fourth-order valence-electron chi connectivity index (χ4n) is 3.21. The SMILES string of the molecule is COc1ccc(C)cc1CCNC(=NCC(=O)N(C)C)NCCCN1CCOCC1.I. The van der Waals surface area contributed by atoms with Gasteiger partial charge in [0.15, 0.2) is 5.96 Å². The number of halogens is 1. The highest BCUT2D eigenvalue weighted by molar-refractivity contribution is 14.0. The molecular formula is C22H38IN5O3. The molecule has 0 aromatic heterocycles. The zero-order chi connectivity index (χ0) is 21.8. The molecule has 1 saturated heterocycles. The first-order chi connectivity index (χ1) is 14.5. The average molecular weight is 547 g/mol. The molecule has 0 aliphatic carbocycles. The molecule has 31 heavy (non-hydrogen) atoms. The van der Waals surface area contributed by atoms with Gasteiger partial charge in [0.05, 0.1) is 20.3 Å². The lowest BCUT2D eigenvalue weighted by Crippen LogP contribution is -2.42. The predicted octanol–water partition coefficient (Wildman–Crippen LogP) is 1.51. The van der Waals surface area contributed by atoms with Crippen molar-refractivity contribution in [1.82, 2.24) is 20.4 Å². The van der Waals surface area contributed by atoms with Gasteiger partial charge in [-0.3, -0.25) is 9.69 Å². The molecule has 2 rings (SSSR count). The number of aliphatic imine (C=N–C) groups is 1. The van der Waals surface area contributed by atoms with Gasteiger partial charge in [0.1, 0.15) is 12.3 Å². The van der Waals surface area contributed by atoms with Crippen LogP contribution in [0.5, 0.6) is 5.75 Å². The summed E-state index contributed by atoms with van der Waals surface area (Å²) in [5, 5.41) is 6.71. The summed E-state index contributed by atoms with van der Waals surface area (Å²) >= 11 is 0. The number of morpholine rings is 1. The second-order valence-electron chi connectivity index (χ2n) is 7.68. The Bertz CT molecular complexity index is 694. The summed E-state index contributed by atoms with van der Waals surface area (Å²) in [6, 6.07) is 6.19. The Morgan fingerprint density at radius 3 is 2.61 bits per heavy atom. The Morgan fingerprint density at radius 2 is 1.94 bits per heavy atom. The molecule has 176 valence electrons. The van der Waals surface area contributed by atoms with Crippen LogP contribution in [0.4, 0.5) is 0 Å². The van der Waals surface area contributed by atoms with Crippen LogP contribution in [-0.2, 0) is 16.0 Å². The number of hydrogen-bond donors (Lipinski definition) is 2. The van der Waals surface area contributed by atoms with Gasteiger partial charge in [-0.05, 0) is 37.9 Å². The predicted molar refractivity (Wildman–Crippen MR) is 136 cm³/mol. The van der Waals surface area contributed by atoms with E-state index in [4.69, 9.17) is 9.47 Å². The minimum atomic E-state index is -0.0234. The van der Waals surface area contributed by atoms with E-state index in [2.05, 4.69) is 33.5 Å². The molecule has 1 aliphatic rings. The van der Waals surface area contributed by atoms with Crippen molar-refractivity contribution < 1.29 is 14.3 Å². The van der Waals surface area contributed by atoms with Gasteiger partial charge in [0.2, 0.25) is 5.91 Å². The minimum Gasteiger partial charge on any atom is -0.496 e. The number of carbonyl (C=O) groups is 1. The van der Waals surface area contributed by atoms with Crippen LogP contribution in [0.1, 0.15) is 17.5 Å². The van der Waals surface area contributed by atoms with E-state index < -0.39 is 0 Å². The van der Waals surface area contributed by atoms with Crippen molar-refractivity contribution in [2.45, 2.75) is 19.8 Å². The number of likely N-dealkylation sites (N-methyl/N-ethyl adjacent to an activating group) is 1. The Labute approximate surface area is 203 Å². The third kappa shape index (κ3) is 10.5. The van der Waals surface area contributed by atoms with Crippen LogP contribution in [0.25, 0.3) is 0 Å². The highest BCUT2D eigenvalue weighted by Crippen LogP contribution is 2.19. The quantitative estimate of drug-likeness (QED) is 0.200. The third-order valence-corrected chi connectivity index (χ3v) is 5.04. The van der Waals surface area contributed by atoms with E-state index in [1.54, 1.807) is 26.1 Å². The van der Waals surface area contributed by atoms with Crippen molar-refractivity contribution in [3.63, 3.8) is 0 Å². The molecule has 0 atom stereocenters. The van der Waals surface area contributed by atoms with Crippen LogP contribution < -0.4 is 15.4 Å². The van der Waals surface area contributed by atoms with Crippen molar-refractivity contribution >= 4 is 35.8 Å². The third-order valence-electron chi connectivity index (χ3n) is 5.04. The van der Waals surface area contributed by atoms with E-state index in [1.165, 1.54) is 5.56 Å². The number of aryl methyl sites for hydroxylation is 1. The first-order valence-corrected chi connectivity index (χ1v) is 10.7. The lowest BCUT2D eigenvalue weighted by atomic mass is 10.1. The second-order valence-corrected chi connectivity index (χ2v) is 7.68. The van der Waals surface area contributed by atoms with Gasteiger partial charge in [-0.1, -0.05) is 17.7 Å². The monoisotopic (exact) mass is 547 g/mol. The van der Waals surface area contributed by atoms with Crippen LogP contribution in [0, 0.1) is 6.92 Å². The summed E-state index contributed by atoms with van der Waals surface area (Å²) in [4.78, 5) is 20.4. The fraction of sp³-hybridized carbons (Fsp3) is 0.636. The summed E-state index contributed by atoms with van der Waals surface area (Å²) in [5.74, 6) is 1.53. The van der Waals surface area contributed by atoms with E-state index in [-0.39, 0.29) is 36.4 Å². The van der Waals surface area contributed by atoms with Crippen molar-refractivity contribution in [1.29, 1.82) is 0 Å².